The number of benzene rings is 2. The molecule has 2 aliphatic rings. The molecule has 1 unspecified atom stereocenters. The van der Waals surface area contributed by atoms with Crippen molar-refractivity contribution in [2.45, 2.75) is 38.3 Å². The summed E-state index contributed by atoms with van der Waals surface area (Å²) < 4.78 is 5.71. The zero-order valence-corrected chi connectivity index (χ0v) is 17.4. The third-order valence-corrected chi connectivity index (χ3v) is 5.95. The minimum Gasteiger partial charge on any atom is -0.508 e. The van der Waals surface area contributed by atoms with Crippen LogP contribution < -0.4 is 4.90 Å². The number of phenolic OH excluding ortho intramolecular Hbond substituents is 1. The Bertz CT molecular complexity index is 952. The van der Waals surface area contributed by atoms with Crippen molar-refractivity contribution < 1.29 is 19.6 Å². The number of phenols is 1. The van der Waals surface area contributed by atoms with Crippen LogP contribution >= 0.6 is 0 Å². The number of amides is 1. The number of para-hydroxylation sites is 1. The van der Waals surface area contributed by atoms with Crippen molar-refractivity contribution in [3.63, 3.8) is 0 Å². The molecule has 1 N–H and O–H groups in total. The van der Waals surface area contributed by atoms with Crippen LogP contribution in [0.25, 0.3) is 0 Å². The van der Waals surface area contributed by atoms with E-state index in [1.807, 2.05) is 4.90 Å². The standard InChI is InChI=1S/C23H27N3O5/c27-22-8-2-1-6-18(22)15-25(16-19-7-5-13-31-19)23(28)17-9-10-20(21(14-17)26(29)30)24-11-3-4-12-24/h1-2,6,8-10,14,19,27H,3-5,7,11-13,15-16H2. The molecule has 31 heavy (non-hydrogen) atoms. The third kappa shape index (κ3) is 4.80. The molecule has 0 bridgehead atoms. The number of carbonyl (C=O) groups excluding carboxylic acids is 1. The van der Waals surface area contributed by atoms with E-state index < -0.39 is 4.92 Å². The number of nitro benzene ring substituents is 1. The van der Waals surface area contributed by atoms with Crippen LogP contribution in [0.5, 0.6) is 5.75 Å². The van der Waals surface area contributed by atoms with Crippen LogP contribution in [-0.4, -0.2) is 53.2 Å². The zero-order chi connectivity index (χ0) is 21.8. The van der Waals surface area contributed by atoms with Gasteiger partial charge in [-0.3, -0.25) is 14.9 Å². The SMILES string of the molecule is O=C(c1ccc(N2CCCC2)c([N+](=O)[O-])c1)N(Cc1ccccc1O)CC1CCCO1. The molecule has 2 heterocycles. The largest absolute Gasteiger partial charge is 0.508 e. The Morgan fingerprint density at radius 1 is 1.19 bits per heavy atom. The fourth-order valence-electron chi connectivity index (χ4n) is 4.31. The predicted octanol–water partition coefficient (Wildman–Crippen LogP) is 3.72. The molecule has 2 aromatic carbocycles. The Kier molecular flexibility index (Phi) is 6.36. The molecule has 0 aliphatic carbocycles. The fraction of sp³-hybridized carbons (Fsp3) is 0.435. The monoisotopic (exact) mass is 425 g/mol. The molecular weight excluding hydrogens is 398 g/mol. The highest BCUT2D eigenvalue weighted by Crippen LogP contribution is 2.32. The lowest BCUT2D eigenvalue weighted by molar-refractivity contribution is -0.384. The maximum absolute atomic E-state index is 13.4. The van der Waals surface area contributed by atoms with E-state index in [-0.39, 0.29) is 35.6 Å². The van der Waals surface area contributed by atoms with E-state index in [1.165, 1.54) is 6.07 Å². The van der Waals surface area contributed by atoms with E-state index in [1.54, 1.807) is 41.3 Å². The van der Waals surface area contributed by atoms with Gasteiger partial charge in [-0.2, -0.15) is 0 Å². The van der Waals surface area contributed by atoms with Gasteiger partial charge in [-0.05, 0) is 43.9 Å². The van der Waals surface area contributed by atoms with E-state index in [9.17, 15) is 20.0 Å². The van der Waals surface area contributed by atoms with Crippen LogP contribution in [0.3, 0.4) is 0 Å². The molecule has 0 radical (unpaired) electrons. The molecule has 2 aliphatic heterocycles. The number of nitrogens with zero attached hydrogens (tertiary/aromatic N) is 3. The van der Waals surface area contributed by atoms with Crippen molar-refractivity contribution in [1.29, 1.82) is 0 Å². The molecular formula is C23H27N3O5. The van der Waals surface area contributed by atoms with Gasteiger partial charge in [-0.25, -0.2) is 0 Å². The first-order chi connectivity index (χ1) is 15.0. The van der Waals surface area contributed by atoms with Crippen LogP contribution in [0.1, 0.15) is 41.6 Å². The van der Waals surface area contributed by atoms with E-state index >= 15 is 0 Å². The first-order valence-corrected chi connectivity index (χ1v) is 10.7. The second-order valence-electron chi connectivity index (χ2n) is 8.10. The molecule has 1 atom stereocenters. The summed E-state index contributed by atoms with van der Waals surface area (Å²) in [6, 6.07) is 11.6. The Morgan fingerprint density at radius 2 is 1.97 bits per heavy atom. The number of ether oxygens (including phenoxy) is 1. The maximum Gasteiger partial charge on any atom is 0.293 e. The van der Waals surface area contributed by atoms with Crippen molar-refractivity contribution in [3.05, 3.63) is 63.7 Å². The summed E-state index contributed by atoms with van der Waals surface area (Å²) in [5, 5.41) is 21.9. The lowest BCUT2D eigenvalue weighted by Gasteiger charge is -2.26. The highest BCUT2D eigenvalue weighted by molar-refractivity contribution is 5.96. The molecule has 1 amide bonds. The first-order valence-electron chi connectivity index (χ1n) is 10.7. The van der Waals surface area contributed by atoms with E-state index in [0.29, 0.717) is 24.4 Å². The average molecular weight is 425 g/mol. The minimum atomic E-state index is -0.419. The van der Waals surface area contributed by atoms with E-state index in [0.717, 1.165) is 38.8 Å². The van der Waals surface area contributed by atoms with Gasteiger partial charge < -0.3 is 19.6 Å². The molecule has 8 nitrogen and oxygen atoms in total. The van der Waals surface area contributed by atoms with Gasteiger partial charge in [0.2, 0.25) is 0 Å². The van der Waals surface area contributed by atoms with Crippen LogP contribution in [-0.2, 0) is 11.3 Å². The number of carbonyl (C=O) groups is 1. The van der Waals surface area contributed by atoms with Gasteiger partial charge in [0.1, 0.15) is 11.4 Å². The maximum atomic E-state index is 13.4. The van der Waals surface area contributed by atoms with Gasteiger partial charge in [-0.15, -0.1) is 0 Å². The van der Waals surface area contributed by atoms with E-state index in [2.05, 4.69) is 0 Å². The summed E-state index contributed by atoms with van der Waals surface area (Å²) in [5.41, 5.74) is 1.40. The quantitative estimate of drug-likeness (QED) is 0.536. The molecule has 0 saturated carbocycles. The first kappa shape index (κ1) is 21.1. The smallest absolute Gasteiger partial charge is 0.293 e. The zero-order valence-electron chi connectivity index (χ0n) is 17.4. The van der Waals surface area contributed by atoms with Gasteiger partial charge in [0, 0.05) is 50.0 Å². The minimum absolute atomic E-state index is 0.0487. The lowest BCUT2D eigenvalue weighted by atomic mass is 10.1. The molecule has 8 heteroatoms. The topological polar surface area (TPSA) is 96.2 Å². The average Bonchev–Trinajstić information content (AvgIpc) is 3.48. The highest BCUT2D eigenvalue weighted by atomic mass is 16.6. The van der Waals surface area contributed by atoms with Gasteiger partial charge in [0.25, 0.3) is 11.6 Å². The molecule has 2 fully saturated rings. The van der Waals surface area contributed by atoms with Crippen LogP contribution in [0, 0.1) is 10.1 Å². The normalized spacial score (nSPS) is 18.3. The van der Waals surface area contributed by atoms with Gasteiger partial charge in [-0.1, -0.05) is 18.2 Å². The van der Waals surface area contributed by atoms with Crippen LogP contribution in [0.15, 0.2) is 42.5 Å². The third-order valence-electron chi connectivity index (χ3n) is 5.95. The molecule has 0 aromatic heterocycles. The summed E-state index contributed by atoms with van der Waals surface area (Å²) in [7, 11) is 0. The van der Waals surface area contributed by atoms with Crippen molar-refractivity contribution in [1.82, 2.24) is 4.90 Å². The summed E-state index contributed by atoms with van der Waals surface area (Å²) in [5.74, 6) is -0.196. The number of anilines is 1. The predicted molar refractivity (Wildman–Crippen MR) is 116 cm³/mol. The second-order valence-corrected chi connectivity index (χ2v) is 8.10. The Hall–Kier alpha value is -3.13. The molecule has 2 aromatic rings. The number of rotatable bonds is 7. The summed E-state index contributed by atoms with van der Waals surface area (Å²) >= 11 is 0. The van der Waals surface area contributed by atoms with E-state index in [4.69, 9.17) is 4.74 Å². The summed E-state index contributed by atoms with van der Waals surface area (Å²) in [4.78, 5) is 28.3. The van der Waals surface area contributed by atoms with Crippen LogP contribution in [0.4, 0.5) is 11.4 Å². The summed E-state index contributed by atoms with van der Waals surface area (Å²) in [6.45, 7) is 2.81. The molecule has 0 spiro atoms. The molecule has 2 saturated heterocycles. The van der Waals surface area contributed by atoms with Crippen molar-refractivity contribution in [2.75, 3.05) is 31.1 Å². The van der Waals surface area contributed by atoms with Crippen molar-refractivity contribution >= 4 is 17.3 Å². The Balaban J connectivity index is 1.62. The van der Waals surface area contributed by atoms with Gasteiger partial charge in [0.15, 0.2) is 0 Å². The van der Waals surface area contributed by atoms with Gasteiger partial charge >= 0.3 is 0 Å². The van der Waals surface area contributed by atoms with Crippen LogP contribution in [0.2, 0.25) is 0 Å². The highest BCUT2D eigenvalue weighted by Gasteiger charge is 2.28. The number of aromatic hydroxyl groups is 1. The molecule has 164 valence electrons. The van der Waals surface area contributed by atoms with Crippen molar-refractivity contribution in [3.8, 4) is 5.75 Å². The number of hydrogen-bond acceptors (Lipinski definition) is 6. The number of nitro groups is 1. The second kappa shape index (κ2) is 9.34. The summed E-state index contributed by atoms with van der Waals surface area (Å²) in [6.07, 6.45) is 3.74. The van der Waals surface area contributed by atoms with Gasteiger partial charge in [0.05, 0.1) is 11.0 Å². The Labute approximate surface area is 181 Å². The lowest BCUT2D eigenvalue weighted by Crippen LogP contribution is -2.37. The fourth-order valence-corrected chi connectivity index (χ4v) is 4.31. The molecule has 4 rings (SSSR count). The van der Waals surface area contributed by atoms with Crippen molar-refractivity contribution in [2.24, 2.45) is 0 Å². The Morgan fingerprint density at radius 3 is 2.65 bits per heavy atom. The number of hydrogen-bond donors (Lipinski definition) is 1.